The summed E-state index contributed by atoms with van der Waals surface area (Å²) in [5.74, 6) is -0.383. The largest absolute Gasteiger partial charge is 0.298 e. The molecule has 0 spiro atoms. The summed E-state index contributed by atoms with van der Waals surface area (Å²) in [4.78, 5) is 26.5. The van der Waals surface area contributed by atoms with Crippen molar-refractivity contribution in [3.05, 3.63) is 75.8 Å². The predicted molar refractivity (Wildman–Crippen MR) is 91.7 cm³/mol. The number of hydrogen-bond donors (Lipinski definition) is 2. The number of rotatable bonds is 5. The third-order valence-corrected chi connectivity index (χ3v) is 4.05. The summed E-state index contributed by atoms with van der Waals surface area (Å²) in [6, 6.07) is 15.3. The fourth-order valence-corrected chi connectivity index (χ4v) is 2.76. The lowest BCUT2D eigenvalue weighted by Gasteiger charge is -2.06. The quantitative estimate of drug-likeness (QED) is 0.547. The van der Waals surface area contributed by atoms with Gasteiger partial charge in [-0.05, 0) is 12.1 Å². The van der Waals surface area contributed by atoms with Gasteiger partial charge in [-0.1, -0.05) is 30.3 Å². The van der Waals surface area contributed by atoms with E-state index in [1.807, 2.05) is 30.3 Å². The molecule has 1 aromatic heterocycles. The van der Waals surface area contributed by atoms with Crippen LogP contribution in [0, 0.1) is 10.1 Å². The van der Waals surface area contributed by atoms with Crippen LogP contribution < -0.4 is 10.9 Å². The molecule has 2 aromatic carbocycles. The molecule has 0 aliphatic rings. The van der Waals surface area contributed by atoms with Crippen molar-refractivity contribution >= 4 is 28.6 Å². The van der Waals surface area contributed by atoms with Crippen molar-refractivity contribution in [2.45, 2.75) is 0 Å². The van der Waals surface area contributed by atoms with E-state index < -0.39 is 4.92 Å². The van der Waals surface area contributed by atoms with Gasteiger partial charge in [0.1, 0.15) is 10.7 Å². The fraction of sp³-hybridized carbons (Fsp3) is 0. The number of carbonyl (C=O) groups is 1. The lowest BCUT2D eigenvalue weighted by Crippen LogP contribution is -2.29. The van der Waals surface area contributed by atoms with Gasteiger partial charge >= 0.3 is 0 Å². The number of nitrogens with one attached hydrogen (secondary N) is 2. The topological polar surface area (TPSA) is 97.2 Å². The van der Waals surface area contributed by atoms with Crippen LogP contribution in [0.2, 0.25) is 0 Å². The van der Waals surface area contributed by atoms with Gasteiger partial charge in [0.2, 0.25) is 0 Å². The zero-order chi connectivity index (χ0) is 16.9. The molecule has 0 saturated heterocycles. The number of thiazole rings is 1. The lowest BCUT2D eigenvalue weighted by molar-refractivity contribution is -0.384. The van der Waals surface area contributed by atoms with Gasteiger partial charge in [0.25, 0.3) is 11.6 Å². The molecule has 0 atom stereocenters. The van der Waals surface area contributed by atoms with Crippen LogP contribution in [0.15, 0.2) is 60.0 Å². The number of nitro groups is 1. The zero-order valence-electron chi connectivity index (χ0n) is 12.3. The minimum absolute atomic E-state index is 0.0149. The van der Waals surface area contributed by atoms with Gasteiger partial charge in [-0.15, -0.1) is 11.3 Å². The fourth-order valence-electron chi connectivity index (χ4n) is 1.95. The Morgan fingerprint density at radius 1 is 1.08 bits per heavy atom. The van der Waals surface area contributed by atoms with E-state index in [0.29, 0.717) is 11.4 Å². The number of anilines is 1. The third kappa shape index (κ3) is 3.55. The molecule has 0 unspecified atom stereocenters. The summed E-state index contributed by atoms with van der Waals surface area (Å²) in [5, 5.41) is 13.0. The number of non-ortho nitro benzene ring substituents is 1. The zero-order valence-corrected chi connectivity index (χ0v) is 13.1. The molecule has 24 heavy (non-hydrogen) atoms. The molecule has 3 aromatic rings. The Kier molecular flexibility index (Phi) is 4.48. The van der Waals surface area contributed by atoms with Gasteiger partial charge in [-0.2, -0.15) is 0 Å². The van der Waals surface area contributed by atoms with Crippen molar-refractivity contribution in [1.29, 1.82) is 0 Å². The lowest BCUT2D eigenvalue weighted by atomic mass is 10.2. The third-order valence-electron chi connectivity index (χ3n) is 3.16. The molecule has 7 nitrogen and oxygen atoms in total. The molecule has 8 heteroatoms. The number of hydrogen-bond acceptors (Lipinski definition) is 6. The summed E-state index contributed by atoms with van der Waals surface area (Å²) in [5.41, 5.74) is 6.98. The van der Waals surface area contributed by atoms with Crippen LogP contribution in [0.3, 0.4) is 0 Å². The summed E-state index contributed by atoms with van der Waals surface area (Å²) in [6.45, 7) is 0. The average Bonchev–Trinajstić information content (AvgIpc) is 3.11. The molecule has 0 saturated carbocycles. The van der Waals surface area contributed by atoms with Crippen LogP contribution in [-0.4, -0.2) is 15.8 Å². The summed E-state index contributed by atoms with van der Waals surface area (Å²) < 4.78 is 0. The number of nitrogens with zero attached hydrogens (tertiary/aromatic N) is 2. The Hall–Kier alpha value is -3.26. The minimum Gasteiger partial charge on any atom is -0.298 e. The van der Waals surface area contributed by atoms with E-state index in [-0.39, 0.29) is 11.6 Å². The molecule has 120 valence electrons. The van der Waals surface area contributed by atoms with Crippen molar-refractivity contribution in [3.63, 3.8) is 0 Å². The number of benzene rings is 2. The monoisotopic (exact) mass is 340 g/mol. The van der Waals surface area contributed by atoms with Gasteiger partial charge in [-0.3, -0.25) is 25.8 Å². The molecule has 1 heterocycles. The first-order valence-electron chi connectivity index (χ1n) is 6.95. The van der Waals surface area contributed by atoms with Gasteiger partial charge in [0, 0.05) is 23.1 Å². The van der Waals surface area contributed by atoms with Crippen molar-refractivity contribution in [3.8, 4) is 10.6 Å². The van der Waals surface area contributed by atoms with Crippen LogP contribution in [0.1, 0.15) is 10.5 Å². The number of carbonyl (C=O) groups excluding carboxylic acids is 1. The van der Waals surface area contributed by atoms with E-state index in [2.05, 4.69) is 15.8 Å². The standard InChI is InChI=1S/C16H12N4O3S/c21-15(19-18-12-6-8-13(9-7-12)20(22)23)14-10-24-16(17-14)11-4-2-1-3-5-11/h1-10,18H,(H,19,21). The number of aromatic nitrogens is 1. The molecule has 0 bridgehead atoms. The first-order chi connectivity index (χ1) is 11.6. The average molecular weight is 340 g/mol. The first-order valence-corrected chi connectivity index (χ1v) is 7.83. The highest BCUT2D eigenvalue weighted by molar-refractivity contribution is 7.13. The van der Waals surface area contributed by atoms with Gasteiger partial charge in [0.05, 0.1) is 10.6 Å². The second kappa shape index (κ2) is 6.88. The van der Waals surface area contributed by atoms with E-state index >= 15 is 0 Å². The van der Waals surface area contributed by atoms with E-state index in [0.717, 1.165) is 10.6 Å². The highest BCUT2D eigenvalue weighted by Crippen LogP contribution is 2.23. The number of amides is 1. The highest BCUT2D eigenvalue weighted by atomic mass is 32.1. The number of nitro benzene ring substituents is 1. The normalized spacial score (nSPS) is 10.2. The van der Waals surface area contributed by atoms with Crippen LogP contribution in [-0.2, 0) is 0 Å². The smallest absolute Gasteiger partial charge is 0.289 e. The van der Waals surface area contributed by atoms with Crippen molar-refractivity contribution in [1.82, 2.24) is 10.4 Å². The number of hydrazine groups is 1. The Bertz CT molecular complexity index is 863. The van der Waals surface area contributed by atoms with E-state index in [9.17, 15) is 14.9 Å². The molecule has 2 N–H and O–H groups in total. The maximum absolute atomic E-state index is 12.1. The Morgan fingerprint density at radius 2 is 1.79 bits per heavy atom. The minimum atomic E-state index is -0.483. The predicted octanol–water partition coefficient (Wildman–Crippen LogP) is 3.48. The maximum Gasteiger partial charge on any atom is 0.289 e. The first kappa shape index (κ1) is 15.6. The molecule has 0 fully saturated rings. The van der Waals surface area contributed by atoms with E-state index in [1.165, 1.54) is 35.6 Å². The summed E-state index contributed by atoms with van der Waals surface area (Å²) >= 11 is 1.38. The molecule has 3 rings (SSSR count). The van der Waals surface area contributed by atoms with E-state index in [4.69, 9.17) is 0 Å². The Morgan fingerprint density at radius 3 is 2.46 bits per heavy atom. The maximum atomic E-state index is 12.1. The summed E-state index contributed by atoms with van der Waals surface area (Å²) in [7, 11) is 0. The highest BCUT2D eigenvalue weighted by Gasteiger charge is 2.11. The van der Waals surface area contributed by atoms with Gasteiger partial charge in [0.15, 0.2) is 0 Å². The van der Waals surface area contributed by atoms with Crippen LogP contribution >= 0.6 is 11.3 Å². The second-order valence-corrected chi connectivity index (χ2v) is 5.65. The van der Waals surface area contributed by atoms with E-state index in [1.54, 1.807) is 5.38 Å². The van der Waals surface area contributed by atoms with Crippen molar-refractivity contribution in [2.24, 2.45) is 0 Å². The Labute approximate surface area is 141 Å². The SMILES string of the molecule is O=C(NNc1ccc([N+](=O)[O-])cc1)c1csc(-c2ccccc2)n1. The van der Waals surface area contributed by atoms with Gasteiger partial charge in [-0.25, -0.2) is 4.98 Å². The van der Waals surface area contributed by atoms with Crippen LogP contribution in [0.25, 0.3) is 10.6 Å². The molecular weight excluding hydrogens is 328 g/mol. The summed E-state index contributed by atoms with van der Waals surface area (Å²) in [6.07, 6.45) is 0. The second-order valence-electron chi connectivity index (χ2n) is 4.79. The van der Waals surface area contributed by atoms with Gasteiger partial charge < -0.3 is 0 Å². The molecule has 0 radical (unpaired) electrons. The molecule has 0 aliphatic carbocycles. The molecule has 0 aliphatic heterocycles. The van der Waals surface area contributed by atoms with Crippen LogP contribution in [0.4, 0.5) is 11.4 Å². The van der Waals surface area contributed by atoms with Crippen molar-refractivity contribution < 1.29 is 9.72 Å². The van der Waals surface area contributed by atoms with Crippen molar-refractivity contribution in [2.75, 3.05) is 5.43 Å². The van der Waals surface area contributed by atoms with Crippen LogP contribution in [0.5, 0.6) is 0 Å². The molecule has 1 amide bonds. The Balaban J connectivity index is 1.63. The molecular formula is C16H12N4O3S.